The van der Waals surface area contributed by atoms with E-state index in [9.17, 15) is 9.59 Å². The fraction of sp³-hybridized carbons (Fsp3) is 0.200. The molecule has 1 heterocycles. The van der Waals surface area contributed by atoms with E-state index < -0.39 is 0 Å². The number of fused-ring (bicyclic) bond motifs is 1. The summed E-state index contributed by atoms with van der Waals surface area (Å²) in [6.07, 6.45) is 0.702. The first-order valence-electron chi connectivity index (χ1n) is 4.38. The van der Waals surface area contributed by atoms with Crippen LogP contribution < -0.4 is 9.64 Å². The third-order valence-electron chi connectivity index (χ3n) is 2.12. The molecule has 4 nitrogen and oxygen atoms in total. The fourth-order valence-corrected chi connectivity index (χ4v) is 1.80. The molecule has 0 unspecified atom stereocenters. The topological polar surface area (TPSA) is 46.6 Å². The number of anilines is 1. The van der Waals surface area contributed by atoms with Gasteiger partial charge in [0.1, 0.15) is 12.0 Å². The van der Waals surface area contributed by atoms with Gasteiger partial charge in [-0.05, 0) is 18.2 Å². The molecule has 0 aliphatic carbocycles. The molecule has 0 saturated carbocycles. The summed E-state index contributed by atoms with van der Waals surface area (Å²) in [5.74, 6) is 0.423. The lowest BCUT2D eigenvalue weighted by Crippen LogP contribution is -2.39. The van der Waals surface area contributed by atoms with Gasteiger partial charge in [0.25, 0.3) is 5.91 Å². The standard InChI is InChI=1S/C10H8BrNO3/c11-7-1-2-9-8(5-7)12(3-4-13)10(14)6-15-9/h1-2,4-5H,3,6H2. The molecule has 15 heavy (non-hydrogen) atoms. The van der Waals surface area contributed by atoms with Crippen molar-refractivity contribution in [3.63, 3.8) is 0 Å². The zero-order valence-corrected chi connectivity index (χ0v) is 9.36. The number of halogens is 1. The van der Waals surface area contributed by atoms with Crippen LogP contribution in [-0.4, -0.2) is 25.3 Å². The van der Waals surface area contributed by atoms with Crippen LogP contribution in [0, 0.1) is 0 Å². The molecule has 0 radical (unpaired) electrons. The number of benzene rings is 1. The van der Waals surface area contributed by atoms with E-state index in [1.807, 2.05) is 6.07 Å². The Hall–Kier alpha value is -1.36. The van der Waals surface area contributed by atoms with Crippen molar-refractivity contribution in [3.05, 3.63) is 22.7 Å². The number of nitrogens with zero attached hydrogens (tertiary/aromatic N) is 1. The molecule has 0 aromatic heterocycles. The van der Waals surface area contributed by atoms with Crippen LogP contribution in [-0.2, 0) is 9.59 Å². The summed E-state index contributed by atoms with van der Waals surface area (Å²) in [4.78, 5) is 23.4. The molecule has 0 saturated heterocycles. The van der Waals surface area contributed by atoms with Gasteiger partial charge in [-0.2, -0.15) is 0 Å². The molecule has 78 valence electrons. The van der Waals surface area contributed by atoms with Crippen molar-refractivity contribution in [3.8, 4) is 5.75 Å². The number of ether oxygens (including phenoxy) is 1. The molecule has 1 aliphatic heterocycles. The molecule has 2 rings (SSSR count). The van der Waals surface area contributed by atoms with E-state index in [4.69, 9.17) is 4.74 Å². The normalized spacial score (nSPS) is 14.5. The van der Waals surface area contributed by atoms with E-state index in [1.54, 1.807) is 12.1 Å². The number of hydrogen-bond donors (Lipinski definition) is 0. The molecule has 0 N–H and O–H groups in total. The Bertz CT molecular complexity index is 419. The Morgan fingerprint density at radius 1 is 1.53 bits per heavy atom. The molecule has 0 fully saturated rings. The Kier molecular flexibility index (Phi) is 2.73. The smallest absolute Gasteiger partial charge is 0.265 e. The van der Waals surface area contributed by atoms with E-state index in [-0.39, 0.29) is 19.1 Å². The largest absolute Gasteiger partial charge is 0.482 e. The molecule has 0 bridgehead atoms. The van der Waals surface area contributed by atoms with Crippen LogP contribution >= 0.6 is 15.9 Å². The molecule has 0 spiro atoms. The zero-order chi connectivity index (χ0) is 10.8. The van der Waals surface area contributed by atoms with Gasteiger partial charge in [0.05, 0.1) is 12.2 Å². The first kappa shape index (κ1) is 10.2. The monoisotopic (exact) mass is 269 g/mol. The average Bonchev–Trinajstić information content (AvgIpc) is 2.23. The van der Waals surface area contributed by atoms with Crippen molar-refractivity contribution < 1.29 is 14.3 Å². The van der Waals surface area contributed by atoms with Crippen LogP contribution in [0.5, 0.6) is 5.75 Å². The molecule has 5 heteroatoms. The minimum Gasteiger partial charge on any atom is -0.482 e. The first-order chi connectivity index (χ1) is 7.22. The summed E-state index contributed by atoms with van der Waals surface area (Å²) in [5, 5.41) is 0. The quantitative estimate of drug-likeness (QED) is 0.762. The van der Waals surface area contributed by atoms with Crippen molar-refractivity contribution >= 4 is 33.8 Å². The Morgan fingerprint density at radius 3 is 3.07 bits per heavy atom. The Balaban J connectivity index is 2.45. The SMILES string of the molecule is O=CCN1C(=O)COc2ccc(Br)cc21. The third kappa shape index (κ3) is 1.87. The highest BCUT2D eigenvalue weighted by atomic mass is 79.9. The van der Waals surface area contributed by atoms with Crippen LogP contribution in [0.4, 0.5) is 5.69 Å². The maximum Gasteiger partial charge on any atom is 0.265 e. The van der Waals surface area contributed by atoms with Gasteiger partial charge < -0.3 is 9.53 Å². The molecule has 1 aromatic carbocycles. The molecular formula is C10H8BrNO3. The highest BCUT2D eigenvalue weighted by molar-refractivity contribution is 9.10. The van der Waals surface area contributed by atoms with Gasteiger partial charge in [-0.15, -0.1) is 0 Å². The number of aldehydes is 1. The van der Waals surface area contributed by atoms with Gasteiger partial charge >= 0.3 is 0 Å². The lowest BCUT2D eigenvalue weighted by atomic mass is 10.2. The molecule has 0 atom stereocenters. The Labute approximate surface area is 94.9 Å². The third-order valence-corrected chi connectivity index (χ3v) is 2.61. The van der Waals surface area contributed by atoms with Crippen LogP contribution in [0.25, 0.3) is 0 Å². The van der Waals surface area contributed by atoms with E-state index in [0.29, 0.717) is 17.7 Å². The molecule has 1 aromatic rings. The number of carbonyl (C=O) groups is 2. The van der Waals surface area contributed by atoms with Gasteiger partial charge in [0.2, 0.25) is 0 Å². The fourth-order valence-electron chi connectivity index (χ4n) is 1.45. The summed E-state index contributed by atoms with van der Waals surface area (Å²) < 4.78 is 6.08. The van der Waals surface area contributed by atoms with Crippen LogP contribution in [0.15, 0.2) is 22.7 Å². The second-order valence-electron chi connectivity index (χ2n) is 3.07. The predicted molar refractivity (Wildman–Crippen MR) is 58.1 cm³/mol. The summed E-state index contributed by atoms with van der Waals surface area (Å²) in [6.45, 7) is 0.0497. The van der Waals surface area contributed by atoms with Crippen molar-refractivity contribution in [2.45, 2.75) is 0 Å². The maximum atomic E-state index is 11.5. The van der Waals surface area contributed by atoms with E-state index >= 15 is 0 Å². The van der Waals surface area contributed by atoms with Crippen LogP contribution in [0.1, 0.15) is 0 Å². The van der Waals surface area contributed by atoms with Gasteiger partial charge in [0, 0.05) is 4.47 Å². The van der Waals surface area contributed by atoms with Crippen molar-refractivity contribution in [2.24, 2.45) is 0 Å². The van der Waals surface area contributed by atoms with E-state index in [1.165, 1.54) is 4.90 Å². The first-order valence-corrected chi connectivity index (χ1v) is 5.18. The number of rotatable bonds is 2. The lowest BCUT2D eigenvalue weighted by molar-refractivity contribution is -0.122. The summed E-state index contributed by atoms with van der Waals surface area (Å²) >= 11 is 3.31. The van der Waals surface area contributed by atoms with Gasteiger partial charge in [0.15, 0.2) is 6.61 Å². The lowest BCUT2D eigenvalue weighted by Gasteiger charge is -2.27. The van der Waals surface area contributed by atoms with Gasteiger partial charge in [-0.1, -0.05) is 15.9 Å². The minimum atomic E-state index is -0.201. The Morgan fingerprint density at radius 2 is 2.33 bits per heavy atom. The van der Waals surface area contributed by atoms with Gasteiger partial charge in [-0.25, -0.2) is 0 Å². The summed E-state index contributed by atoms with van der Waals surface area (Å²) in [7, 11) is 0. The van der Waals surface area contributed by atoms with Crippen LogP contribution in [0.2, 0.25) is 0 Å². The highest BCUT2D eigenvalue weighted by Crippen LogP contribution is 2.34. The number of carbonyl (C=O) groups excluding carboxylic acids is 2. The molecule has 1 amide bonds. The predicted octanol–water partition coefficient (Wildman–Crippen LogP) is 1.37. The van der Waals surface area contributed by atoms with Crippen molar-refractivity contribution in [2.75, 3.05) is 18.1 Å². The molecular weight excluding hydrogens is 262 g/mol. The second-order valence-corrected chi connectivity index (χ2v) is 3.99. The second kappa shape index (κ2) is 4.02. The van der Waals surface area contributed by atoms with E-state index in [0.717, 1.165) is 4.47 Å². The number of amides is 1. The average molecular weight is 270 g/mol. The van der Waals surface area contributed by atoms with Gasteiger partial charge in [-0.3, -0.25) is 9.69 Å². The van der Waals surface area contributed by atoms with Crippen molar-refractivity contribution in [1.29, 1.82) is 0 Å². The van der Waals surface area contributed by atoms with E-state index in [2.05, 4.69) is 15.9 Å². The summed E-state index contributed by atoms with van der Waals surface area (Å²) in [6, 6.07) is 5.35. The minimum absolute atomic E-state index is 0.0114. The molecule has 1 aliphatic rings. The summed E-state index contributed by atoms with van der Waals surface area (Å²) in [5.41, 5.74) is 0.632. The van der Waals surface area contributed by atoms with Crippen molar-refractivity contribution in [1.82, 2.24) is 0 Å². The van der Waals surface area contributed by atoms with Crippen LogP contribution in [0.3, 0.4) is 0 Å². The zero-order valence-electron chi connectivity index (χ0n) is 7.77. The highest BCUT2D eigenvalue weighted by Gasteiger charge is 2.24. The number of hydrogen-bond acceptors (Lipinski definition) is 3. The maximum absolute atomic E-state index is 11.5.